The molecule has 1 aromatic rings. The number of nitrogens with zero attached hydrogens (tertiary/aromatic N) is 1. The van der Waals surface area contributed by atoms with Crippen molar-refractivity contribution in [1.29, 1.82) is 0 Å². The Kier molecular flexibility index (Phi) is 6.49. The maximum atomic E-state index is 12.4. The van der Waals surface area contributed by atoms with Crippen LogP contribution in [0.1, 0.15) is 18.4 Å². The Hall–Kier alpha value is -2.00. The van der Waals surface area contributed by atoms with Gasteiger partial charge >= 0.3 is 6.61 Å². The predicted molar refractivity (Wildman–Crippen MR) is 89.7 cm³/mol. The van der Waals surface area contributed by atoms with Crippen molar-refractivity contribution in [1.82, 2.24) is 9.62 Å². The van der Waals surface area contributed by atoms with Crippen LogP contribution in [0, 0.1) is 0 Å². The van der Waals surface area contributed by atoms with E-state index < -0.39 is 16.6 Å². The van der Waals surface area contributed by atoms with E-state index in [9.17, 15) is 22.0 Å². The topological polar surface area (TPSA) is 75.7 Å². The van der Waals surface area contributed by atoms with Crippen molar-refractivity contribution in [2.24, 2.45) is 0 Å². The van der Waals surface area contributed by atoms with E-state index in [0.717, 1.165) is 6.26 Å². The summed E-state index contributed by atoms with van der Waals surface area (Å²) in [5.41, 5.74) is 0.366. The van der Waals surface area contributed by atoms with Gasteiger partial charge in [0.2, 0.25) is 15.9 Å². The molecular weight excluding hydrogens is 354 g/mol. The average Bonchev–Trinajstić information content (AvgIpc) is 2.53. The van der Waals surface area contributed by atoms with Gasteiger partial charge in [0.25, 0.3) is 0 Å². The molecule has 2 rings (SSSR count). The molecule has 1 aliphatic rings. The van der Waals surface area contributed by atoms with Gasteiger partial charge in [-0.3, -0.25) is 4.79 Å². The second-order valence-corrected chi connectivity index (χ2v) is 7.68. The zero-order valence-corrected chi connectivity index (χ0v) is 14.5. The zero-order chi connectivity index (χ0) is 18.4. The van der Waals surface area contributed by atoms with Crippen LogP contribution in [0.3, 0.4) is 0 Å². The first-order valence-electron chi connectivity index (χ1n) is 7.73. The highest BCUT2D eigenvalue weighted by Gasteiger charge is 2.25. The maximum absolute atomic E-state index is 12.4. The number of ether oxygens (including phenoxy) is 1. The maximum Gasteiger partial charge on any atom is 0.387 e. The van der Waals surface area contributed by atoms with Crippen molar-refractivity contribution in [2.45, 2.75) is 25.5 Å². The van der Waals surface area contributed by atoms with Crippen molar-refractivity contribution < 1.29 is 26.7 Å². The summed E-state index contributed by atoms with van der Waals surface area (Å²) in [4.78, 5) is 12.0. The number of amides is 1. The molecule has 1 aliphatic heterocycles. The molecule has 1 aromatic carbocycles. The normalized spacial score (nSPS) is 17.1. The van der Waals surface area contributed by atoms with E-state index >= 15 is 0 Å². The molecule has 0 saturated carbocycles. The minimum Gasteiger partial charge on any atom is -0.434 e. The summed E-state index contributed by atoms with van der Waals surface area (Å²) in [5, 5.41) is 2.79. The van der Waals surface area contributed by atoms with Crippen LogP contribution in [-0.4, -0.2) is 50.6 Å². The van der Waals surface area contributed by atoms with E-state index in [4.69, 9.17) is 0 Å². The highest BCUT2D eigenvalue weighted by Crippen LogP contribution is 2.21. The molecule has 1 saturated heterocycles. The number of carbonyl (C=O) groups excluding carboxylic acids is 1. The third kappa shape index (κ3) is 6.09. The Bertz CT molecular complexity index is 729. The van der Waals surface area contributed by atoms with Gasteiger partial charge in [-0.05, 0) is 25.0 Å². The van der Waals surface area contributed by atoms with Gasteiger partial charge in [-0.2, -0.15) is 8.78 Å². The van der Waals surface area contributed by atoms with E-state index in [1.807, 2.05) is 0 Å². The number of nitrogens with one attached hydrogen (secondary N) is 1. The van der Waals surface area contributed by atoms with Crippen LogP contribution in [0.15, 0.2) is 30.3 Å². The first-order valence-corrected chi connectivity index (χ1v) is 9.58. The molecular formula is C16H20F2N2O4S. The summed E-state index contributed by atoms with van der Waals surface area (Å²) in [6, 6.07) is 6.04. The van der Waals surface area contributed by atoms with Crippen molar-refractivity contribution in [3.63, 3.8) is 0 Å². The fourth-order valence-electron chi connectivity index (χ4n) is 2.57. The molecule has 0 radical (unpaired) electrons. The van der Waals surface area contributed by atoms with Gasteiger partial charge in [0.05, 0.1) is 6.26 Å². The van der Waals surface area contributed by atoms with Crippen LogP contribution >= 0.6 is 0 Å². The number of rotatable bonds is 6. The molecule has 6 nitrogen and oxygen atoms in total. The second-order valence-electron chi connectivity index (χ2n) is 5.69. The van der Waals surface area contributed by atoms with Crippen LogP contribution in [0.25, 0.3) is 6.08 Å². The molecule has 1 amide bonds. The Labute approximate surface area is 145 Å². The number of hydrogen-bond donors (Lipinski definition) is 1. The lowest BCUT2D eigenvalue weighted by molar-refractivity contribution is -0.117. The van der Waals surface area contributed by atoms with Gasteiger partial charge in [0.1, 0.15) is 5.75 Å². The van der Waals surface area contributed by atoms with Crippen LogP contribution in [0.2, 0.25) is 0 Å². The minimum absolute atomic E-state index is 0.0111. The number of benzene rings is 1. The lowest BCUT2D eigenvalue weighted by Gasteiger charge is -2.30. The van der Waals surface area contributed by atoms with E-state index in [1.165, 1.54) is 22.5 Å². The van der Waals surface area contributed by atoms with Crippen molar-refractivity contribution in [2.75, 3.05) is 19.3 Å². The fraction of sp³-hybridized carbons (Fsp3) is 0.438. The molecule has 1 N–H and O–H groups in total. The third-order valence-corrected chi connectivity index (χ3v) is 5.12. The number of hydrogen-bond acceptors (Lipinski definition) is 4. The van der Waals surface area contributed by atoms with Crippen molar-refractivity contribution in [3.05, 3.63) is 35.9 Å². The van der Waals surface area contributed by atoms with Crippen LogP contribution in [0.4, 0.5) is 8.78 Å². The van der Waals surface area contributed by atoms with E-state index in [2.05, 4.69) is 10.1 Å². The second kappa shape index (κ2) is 8.39. The number of piperidine rings is 1. The number of sulfonamides is 1. The summed E-state index contributed by atoms with van der Waals surface area (Å²) in [6.45, 7) is -2.22. The lowest BCUT2D eigenvalue weighted by Crippen LogP contribution is -2.45. The summed E-state index contributed by atoms with van der Waals surface area (Å²) in [7, 11) is -3.21. The molecule has 0 aromatic heterocycles. The Morgan fingerprint density at radius 2 is 1.96 bits per heavy atom. The summed E-state index contributed by atoms with van der Waals surface area (Å²) < 4.78 is 53.4. The van der Waals surface area contributed by atoms with Crippen LogP contribution in [-0.2, 0) is 14.8 Å². The summed E-state index contributed by atoms with van der Waals surface area (Å²) in [5.74, 6) is -0.382. The van der Waals surface area contributed by atoms with Crippen LogP contribution in [0.5, 0.6) is 5.75 Å². The van der Waals surface area contributed by atoms with Crippen molar-refractivity contribution >= 4 is 22.0 Å². The minimum atomic E-state index is -3.21. The monoisotopic (exact) mass is 374 g/mol. The Morgan fingerprint density at radius 1 is 1.32 bits per heavy atom. The van der Waals surface area contributed by atoms with Gasteiger partial charge in [0, 0.05) is 30.8 Å². The SMILES string of the molecule is CS(=O)(=O)N1CCC(NC(=O)/C=C/c2ccccc2OC(F)F)CC1. The number of para-hydroxylation sites is 1. The summed E-state index contributed by atoms with van der Waals surface area (Å²) >= 11 is 0. The van der Waals surface area contributed by atoms with Gasteiger partial charge in [-0.1, -0.05) is 18.2 Å². The first-order chi connectivity index (χ1) is 11.8. The molecule has 25 heavy (non-hydrogen) atoms. The molecule has 1 fully saturated rings. The van der Waals surface area contributed by atoms with Gasteiger partial charge in [-0.15, -0.1) is 0 Å². The summed E-state index contributed by atoms with van der Waals surface area (Å²) in [6.07, 6.45) is 4.86. The predicted octanol–water partition coefficient (Wildman–Crippen LogP) is 1.84. The van der Waals surface area contributed by atoms with E-state index in [-0.39, 0.29) is 17.7 Å². The Morgan fingerprint density at radius 3 is 2.56 bits per heavy atom. The third-order valence-electron chi connectivity index (χ3n) is 3.82. The quantitative estimate of drug-likeness (QED) is 0.771. The largest absolute Gasteiger partial charge is 0.434 e. The molecule has 0 aliphatic carbocycles. The van der Waals surface area contributed by atoms with Crippen LogP contribution < -0.4 is 10.1 Å². The molecule has 0 atom stereocenters. The molecule has 1 heterocycles. The highest BCUT2D eigenvalue weighted by atomic mass is 32.2. The number of halogens is 2. The fourth-order valence-corrected chi connectivity index (χ4v) is 3.44. The zero-order valence-electron chi connectivity index (χ0n) is 13.7. The van der Waals surface area contributed by atoms with Gasteiger partial charge in [-0.25, -0.2) is 12.7 Å². The molecule has 0 bridgehead atoms. The Balaban J connectivity index is 1.90. The molecule has 0 unspecified atom stereocenters. The molecule has 0 spiro atoms. The van der Waals surface area contributed by atoms with Gasteiger partial charge in [0.15, 0.2) is 0 Å². The first kappa shape index (κ1) is 19.3. The molecule has 138 valence electrons. The van der Waals surface area contributed by atoms with E-state index in [1.54, 1.807) is 18.2 Å². The smallest absolute Gasteiger partial charge is 0.387 e. The van der Waals surface area contributed by atoms with E-state index in [0.29, 0.717) is 31.5 Å². The van der Waals surface area contributed by atoms with Crippen molar-refractivity contribution in [3.8, 4) is 5.75 Å². The highest BCUT2D eigenvalue weighted by molar-refractivity contribution is 7.88. The molecule has 9 heteroatoms. The lowest BCUT2D eigenvalue weighted by atomic mass is 10.1. The number of carbonyl (C=O) groups is 1. The standard InChI is InChI=1S/C16H20F2N2O4S/c1-25(22,23)20-10-8-13(9-11-20)19-15(21)7-6-12-4-2-3-5-14(12)24-16(17)18/h2-7,13,16H,8-11H2,1H3,(H,19,21)/b7-6+. The average molecular weight is 374 g/mol. The van der Waals surface area contributed by atoms with Gasteiger partial charge < -0.3 is 10.1 Å². The number of alkyl halides is 2.